The molecule has 0 saturated carbocycles. The van der Waals surface area contributed by atoms with Crippen LogP contribution in [0.2, 0.25) is 0 Å². The Morgan fingerprint density at radius 1 is 1.03 bits per heavy atom. The Kier molecular flexibility index (Phi) is 6.85. The molecule has 0 bridgehead atoms. The van der Waals surface area contributed by atoms with Crippen molar-refractivity contribution in [2.24, 2.45) is 0 Å². The third-order valence-electron chi connectivity index (χ3n) is 4.56. The van der Waals surface area contributed by atoms with Crippen LogP contribution in [0.4, 0.5) is 0 Å². The summed E-state index contributed by atoms with van der Waals surface area (Å²) in [5, 5.41) is 7.09. The van der Waals surface area contributed by atoms with E-state index in [1.807, 2.05) is 31.2 Å². The first-order valence-electron chi connectivity index (χ1n) is 9.79. The van der Waals surface area contributed by atoms with Gasteiger partial charge in [0.15, 0.2) is 0 Å². The lowest BCUT2D eigenvalue weighted by atomic mass is 10.2. The molecule has 1 N–H and O–H groups in total. The van der Waals surface area contributed by atoms with Crippen molar-refractivity contribution in [2.45, 2.75) is 20.8 Å². The molecular weight excluding hydrogens is 382 g/mol. The third-order valence-corrected chi connectivity index (χ3v) is 4.56. The lowest BCUT2D eigenvalue weighted by Gasteiger charge is -2.09. The van der Waals surface area contributed by atoms with Crippen molar-refractivity contribution in [1.82, 2.24) is 15.1 Å². The van der Waals surface area contributed by atoms with E-state index in [2.05, 4.69) is 10.4 Å². The number of carbonyl (C=O) groups excluding carboxylic acids is 2. The standard InChI is InChI=1S/C23H25N3O4/c1-4-29-23(28)21-15-25-26(17(21)3)19-9-7-18(8-10-19)22(27)24-13-14-30-20-11-5-16(2)6-12-20/h5-12,15H,4,13-14H2,1-3H3,(H,24,27). The van der Waals surface area contributed by atoms with Crippen LogP contribution in [0, 0.1) is 13.8 Å². The van der Waals surface area contributed by atoms with Gasteiger partial charge in [-0.2, -0.15) is 5.10 Å². The quantitative estimate of drug-likeness (QED) is 0.457. The van der Waals surface area contributed by atoms with Crippen molar-refractivity contribution in [1.29, 1.82) is 0 Å². The number of esters is 1. The SMILES string of the molecule is CCOC(=O)c1cnn(-c2ccc(C(=O)NCCOc3ccc(C)cc3)cc2)c1C. The molecular formula is C23H25N3O4. The van der Waals surface area contributed by atoms with Gasteiger partial charge in [0, 0.05) is 5.56 Å². The normalized spacial score (nSPS) is 10.5. The second-order valence-corrected chi connectivity index (χ2v) is 6.74. The molecule has 1 amide bonds. The average Bonchev–Trinajstić information content (AvgIpc) is 3.14. The molecule has 1 heterocycles. The van der Waals surface area contributed by atoms with E-state index in [1.54, 1.807) is 42.8 Å². The Morgan fingerprint density at radius 3 is 2.40 bits per heavy atom. The van der Waals surface area contributed by atoms with Gasteiger partial charge in [0.1, 0.15) is 17.9 Å². The number of nitrogens with zero attached hydrogens (tertiary/aromatic N) is 2. The summed E-state index contributed by atoms with van der Waals surface area (Å²) in [4.78, 5) is 24.3. The van der Waals surface area contributed by atoms with Crippen molar-refractivity contribution < 1.29 is 19.1 Å². The molecule has 3 aromatic rings. The number of aryl methyl sites for hydroxylation is 1. The van der Waals surface area contributed by atoms with Crippen LogP contribution in [0.25, 0.3) is 5.69 Å². The third kappa shape index (κ3) is 5.05. The van der Waals surface area contributed by atoms with Gasteiger partial charge < -0.3 is 14.8 Å². The molecule has 30 heavy (non-hydrogen) atoms. The number of ether oxygens (including phenoxy) is 2. The summed E-state index contributed by atoms with van der Waals surface area (Å²) < 4.78 is 12.3. The first kappa shape index (κ1) is 21.1. The fraction of sp³-hybridized carbons (Fsp3) is 0.261. The predicted molar refractivity (Wildman–Crippen MR) is 113 cm³/mol. The van der Waals surface area contributed by atoms with Gasteiger partial charge in [0.25, 0.3) is 5.91 Å². The maximum absolute atomic E-state index is 12.3. The first-order valence-corrected chi connectivity index (χ1v) is 9.79. The summed E-state index contributed by atoms with van der Waals surface area (Å²) >= 11 is 0. The minimum Gasteiger partial charge on any atom is -0.492 e. The van der Waals surface area contributed by atoms with Gasteiger partial charge in [-0.25, -0.2) is 9.48 Å². The van der Waals surface area contributed by atoms with Crippen LogP contribution in [0.5, 0.6) is 5.75 Å². The minimum absolute atomic E-state index is 0.182. The summed E-state index contributed by atoms with van der Waals surface area (Å²) in [6.45, 7) is 6.67. The highest BCUT2D eigenvalue weighted by Crippen LogP contribution is 2.16. The Labute approximate surface area is 175 Å². The van der Waals surface area contributed by atoms with Gasteiger partial charge in [0.05, 0.1) is 30.7 Å². The van der Waals surface area contributed by atoms with Gasteiger partial charge in [-0.05, 0) is 57.2 Å². The zero-order valence-corrected chi connectivity index (χ0v) is 17.3. The van der Waals surface area contributed by atoms with Crippen LogP contribution in [-0.4, -0.2) is 41.4 Å². The smallest absolute Gasteiger partial charge is 0.341 e. The van der Waals surface area contributed by atoms with Gasteiger partial charge in [-0.15, -0.1) is 0 Å². The van der Waals surface area contributed by atoms with Crippen LogP contribution in [0.3, 0.4) is 0 Å². The summed E-state index contributed by atoms with van der Waals surface area (Å²) in [6.07, 6.45) is 1.49. The molecule has 156 valence electrons. The maximum Gasteiger partial charge on any atom is 0.341 e. The number of aromatic nitrogens is 2. The largest absolute Gasteiger partial charge is 0.492 e. The number of nitrogens with one attached hydrogen (secondary N) is 1. The highest BCUT2D eigenvalue weighted by atomic mass is 16.5. The van der Waals surface area contributed by atoms with E-state index < -0.39 is 5.97 Å². The zero-order chi connectivity index (χ0) is 21.5. The summed E-state index contributed by atoms with van der Waals surface area (Å²) in [6, 6.07) is 14.8. The molecule has 7 nitrogen and oxygen atoms in total. The fourth-order valence-corrected chi connectivity index (χ4v) is 2.90. The average molecular weight is 407 g/mol. The van der Waals surface area contributed by atoms with Crippen LogP contribution in [0.1, 0.15) is 38.9 Å². The molecule has 3 rings (SSSR count). The second kappa shape index (κ2) is 9.73. The summed E-state index contributed by atoms with van der Waals surface area (Å²) in [7, 11) is 0. The van der Waals surface area contributed by atoms with Gasteiger partial charge >= 0.3 is 5.97 Å². The minimum atomic E-state index is -0.398. The monoisotopic (exact) mass is 407 g/mol. The van der Waals surface area contributed by atoms with Crippen LogP contribution < -0.4 is 10.1 Å². The molecule has 0 aliphatic rings. The van der Waals surface area contributed by atoms with E-state index in [-0.39, 0.29) is 5.91 Å². The fourth-order valence-electron chi connectivity index (χ4n) is 2.90. The van der Waals surface area contributed by atoms with Crippen LogP contribution in [-0.2, 0) is 4.74 Å². The molecule has 0 radical (unpaired) electrons. The van der Waals surface area contributed by atoms with Gasteiger partial charge in [-0.3, -0.25) is 4.79 Å². The molecule has 1 aromatic heterocycles. The lowest BCUT2D eigenvalue weighted by molar-refractivity contribution is 0.0525. The van der Waals surface area contributed by atoms with E-state index >= 15 is 0 Å². The predicted octanol–water partition coefficient (Wildman–Crippen LogP) is 3.47. The lowest BCUT2D eigenvalue weighted by Crippen LogP contribution is -2.28. The van der Waals surface area contributed by atoms with Crippen molar-refractivity contribution in [3.05, 3.63) is 77.1 Å². The second-order valence-electron chi connectivity index (χ2n) is 6.74. The number of carbonyl (C=O) groups is 2. The van der Waals surface area contributed by atoms with Crippen molar-refractivity contribution >= 4 is 11.9 Å². The number of rotatable bonds is 8. The van der Waals surface area contributed by atoms with Gasteiger partial charge in [-0.1, -0.05) is 17.7 Å². The molecule has 0 saturated heterocycles. The molecule has 0 aliphatic carbocycles. The first-order chi connectivity index (χ1) is 14.5. The number of hydrogen-bond acceptors (Lipinski definition) is 5. The molecule has 0 spiro atoms. The highest BCUT2D eigenvalue weighted by molar-refractivity contribution is 5.94. The van der Waals surface area contributed by atoms with E-state index in [9.17, 15) is 9.59 Å². The topological polar surface area (TPSA) is 82.5 Å². The Hall–Kier alpha value is -3.61. The number of benzene rings is 2. The number of hydrogen-bond donors (Lipinski definition) is 1. The Balaban J connectivity index is 1.55. The van der Waals surface area contributed by atoms with Crippen molar-refractivity contribution in [3.8, 4) is 11.4 Å². The molecule has 7 heteroatoms. The van der Waals surface area contributed by atoms with E-state index in [0.29, 0.717) is 36.6 Å². The van der Waals surface area contributed by atoms with E-state index in [0.717, 1.165) is 11.4 Å². The summed E-state index contributed by atoms with van der Waals surface area (Å²) in [5.74, 6) is 0.194. The Morgan fingerprint density at radius 2 is 1.73 bits per heavy atom. The van der Waals surface area contributed by atoms with Crippen LogP contribution >= 0.6 is 0 Å². The molecule has 0 fully saturated rings. The maximum atomic E-state index is 12.3. The number of amides is 1. The van der Waals surface area contributed by atoms with E-state index in [1.165, 1.54) is 11.8 Å². The van der Waals surface area contributed by atoms with Crippen molar-refractivity contribution in [3.63, 3.8) is 0 Å². The highest BCUT2D eigenvalue weighted by Gasteiger charge is 2.16. The van der Waals surface area contributed by atoms with Crippen molar-refractivity contribution in [2.75, 3.05) is 19.8 Å². The Bertz CT molecular complexity index is 1010. The zero-order valence-electron chi connectivity index (χ0n) is 17.3. The van der Waals surface area contributed by atoms with E-state index in [4.69, 9.17) is 9.47 Å². The molecule has 0 aliphatic heterocycles. The molecule has 0 unspecified atom stereocenters. The molecule has 2 aromatic carbocycles. The van der Waals surface area contributed by atoms with Gasteiger partial charge in [0.2, 0.25) is 0 Å². The summed E-state index contributed by atoms with van der Waals surface area (Å²) in [5.41, 5.74) is 3.56. The molecule has 0 atom stereocenters. The van der Waals surface area contributed by atoms with Crippen LogP contribution in [0.15, 0.2) is 54.7 Å².